The molecule has 11 heteroatoms. The van der Waals surface area contributed by atoms with Crippen LogP contribution in [-0.2, 0) is 24.1 Å². The first-order valence-electron chi connectivity index (χ1n) is 6.33. The number of ether oxygens (including phenoxy) is 2. The summed E-state index contributed by atoms with van der Waals surface area (Å²) in [4.78, 5) is 0. The van der Waals surface area contributed by atoms with Crippen LogP contribution in [0.1, 0.15) is 0 Å². The second-order valence-corrected chi connectivity index (χ2v) is 12.1. The van der Waals surface area contributed by atoms with Gasteiger partial charge in [0.05, 0.1) is 0 Å². The van der Waals surface area contributed by atoms with Gasteiger partial charge >= 0.3 is 128 Å². The van der Waals surface area contributed by atoms with Crippen LogP contribution in [0.15, 0.2) is 0 Å². The minimum absolute atomic E-state index is 0.294. The Morgan fingerprint density at radius 3 is 2.48 bits per heavy atom. The molecule has 0 spiro atoms. The molecule has 126 valence electrons. The Hall–Kier alpha value is 0.228. The number of hydrogen-bond donors (Lipinski definition) is 2. The summed E-state index contributed by atoms with van der Waals surface area (Å²) in [5, 5.41) is 27.8. The predicted octanol–water partition coefficient (Wildman–Crippen LogP) is -2.49. The van der Waals surface area contributed by atoms with Crippen molar-refractivity contribution in [1.82, 2.24) is 0 Å². The molecule has 4 N–H and O–H groups in total. The van der Waals surface area contributed by atoms with E-state index in [9.17, 15) is 23.2 Å². The molecule has 1 heterocycles. The Morgan fingerprint density at radius 2 is 1.95 bits per heavy atom. The van der Waals surface area contributed by atoms with E-state index in [-0.39, 0.29) is 6.61 Å². The molecule has 0 saturated carbocycles. The van der Waals surface area contributed by atoms with Crippen LogP contribution in [0.2, 0.25) is 16.6 Å². The molecule has 9 nitrogen and oxygen atoms in total. The first-order valence-corrected chi connectivity index (χ1v) is 13.3. The molecule has 1 fully saturated rings. The molecule has 0 aliphatic carbocycles. The van der Waals surface area contributed by atoms with Crippen molar-refractivity contribution in [3.05, 3.63) is 0 Å². The van der Waals surface area contributed by atoms with E-state index in [2.05, 4.69) is 15.6 Å². The van der Waals surface area contributed by atoms with Crippen molar-refractivity contribution in [2.45, 2.75) is 47.3 Å². The maximum absolute atomic E-state index is 10.2. The van der Waals surface area contributed by atoms with Crippen molar-refractivity contribution in [1.29, 1.82) is 0 Å². The first-order chi connectivity index (χ1) is 9.60. The van der Waals surface area contributed by atoms with Crippen LogP contribution in [0.5, 0.6) is 0 Å². The molecule has 21 heavy (non-hydrogen) atoms. The Bertz CT molecular complexity index is 415. The normalized spacial score (nSPS) is 31.8. The van der Waals surface area contributed by atoms with Crippen LogP contribution < -0.4 is 0 Å². The molecule has 5 atom stereocenters. The molecule has 1 unspecified atom stereocenters. The van der Waals surface area contributed by atoms with Gasteiger partial charge in [-0.25, -0.2) is 0 Å². The molecule has 0 aromatic heterocycles. The third-order valence-electron chi connectivity index (χ3n) is 2.80. The van der Waals surface area contributed by atoms with Gasteiger partial charge in [-0.1, -0.05) is 0 Å². The summed E-state index contributed by atoms with van der Waals surface area (Å²) < 4.78 is 45.2. The first kappa shape index (κ1) is 19.3. The molecular formula is C10H22AsO9S+. The summed E-state index contributed by atoms with van der Waals surface area (Å²) >= 11 is -1.25. The molecule has 0 aromatic carbocycles. The molecule has 1 saturated heterocycles. The van der Waals surface area contributed by atoms with Crippen LogP contribution in [0, 0.1) is 0 Å². The van der Waals surface area contributed by atoms with E-state index in [0.717, 1.165) is 0 Å². The molecule has 1 aliphatic heterocycles. The van der Waals surface area contributed by atoms with Gasteiger partial charge < -0.3 is 0 Å². The van der Waals surface area contributed by atoms with Crippen molar-refractivity contribution >= 4 is 25.1 Å². The number of hydrogen-bond acceptors (Lipinski definition) is 8. The standard InChI is InChI=1S/C10H21AsO9S/c1-11(2)3-7-8(13)9(14)10(20-7)18-4-6(12)5-19-21(15,16)17/h6-14H,3-5H2,1-2H3/p+1/t6?,7-,8-,9-,10-/m1/s1. The number of aliphatic hydroxyl groups excluding tert-OH is 2. The zero-order valence-corrected chi connectivity index (χ0v) is 14.7. The zero-order chi connectivity index (χ0) is 16.2. The van der Waals surface area contributed by atoms with Crippen molar-refractivity contribution < 1.29 is 41.9 Å². The van der Waals surface area contributed by atoms with E-state index in [1.54, 1.807) is 0 Å². The molecule has 0 radical (unpaired) electrons. The summed E-state index contributed by atoms with van der Waals surface area (Å²) in [6, 6.07) is 0. The zero-order valence-electron chi connectivity index (χ0n) is 11.8. The summed E-state index contributed by atoms with van der Waals surface area (Å²) in [5.41, 5.74) is 4.22. The van der Waals surface area contributed by atoms with Crippen LogP contribution >= 0.6 is 0 Å². The van der Waals surface area contributed by atoms with Crippen LogP contribution in [0.4, 0.5) is 0 Å². The van der Waals surface area contributed by atoms with E-state index in [4.69, 9.17) is 14.6 Å². The van der Waals surface area contributed by atoms with Gasteiger partial charge in [0.1, 0.15) is 0 Å². The summed E-state index contributed by atoms with van der Waals surface area (Å²) in [6.45, 7) is -0.932. The second-order valence-electron chi connectivity index (χ2n) is 5.16. The Labute approximate surface area is 128 Å². The van der Waals surface area contributed by atoms with Gasteiger partial charge in [0, 0.05) is 0 Å². The van der Waals surface area contributed by atoms with Crippen molar-refractivity contribution in [2.75, 3.05) is 13.2 Å². The fourth-order valence-electron chi connectivity index (χ4n) is 1.85. The van der Waals surface area contributed by atoms with E-state index in [1.165, 1.54) is 0 Å². The molecular weight excluding hydrogens is 371 g/mol. The van der Waals surface area contributed by atoms with E-state index in [1.807, 2.05) is 0 Å². The maximum atomic E-state index is 10.2. The Morgan fingerprint density at radius 1 is 1.33 bits per heavy atom. The fourth-order valence-corrected chi connectivity index (χ4v) is 4.58. The molecule has 0 amide bonds. The molecule has 0 bridgehead atoms. The average molecular weight is 393 g/mol. The quantitative estimate of drug-likeness (QED) is 0.199. The monoisotopic (exact) mass is 393 g/mol. The predicted molar refractivity (Wildman–Crippen MR) is 73.4 cm³/mol. The van der Waals surface area contributed by atoms with Gasteiger partial charge in [-0.3, -0.25) is 0 Å². The third-order valence-corrected chi connectivity index (χ3v) is 5.79. The summed E-state index contributed by atoms with van der Waals surface area (Å²) in [6.07, 6.45) is -4.94. The van der Waals surface area contributed by atoms with Crippen LogP contribution in [0.3, 0.4) is 0 Å². The van der Waals surface area contributed by atoms with E-state index >= 15 is 0 Å². The van der Waals surface area contributed by atoms with E-state index < -0.39 is 62.4 Å². The number of rotatable bonds is 8. The Balaban J connectivity index is 2.38. The summed E-state index contributed by atoms with van der Waals surface area (Å²) in [5.74, 6) is 0. The summed E-state index contributed by atoms with van der Waals surface area (Å²) in [7, 11) is -4.84. The topological polar surface area (TPSA) is 148 Å². The van der Waals surface area contributed by atoms with Gasteiger partial charge in [0.25, 0.3) is 0 Å². The fraction of sp³-hybridized carbons (Fsp3) is 1.00. The van der Waals surface area contributed by atoms with E-state index in [0.29, 0.717) is 5.21 Å². The molecule has 1 rings (SSSR count). The van der Waals surface area contributed by atoms with Crippen LogP contribution in [-0.4, -0.2) is 86.9 Å². The van der Waals surface area contributed by atoms with Crippen molar-refractivity contribution in [3.8, 4) is 0 Å². The van der Waals surface area contributed by atoms with Crippen molar-refractivity contribution in [3.63, 3.8) is 0 Å². The third kappa shape index (κ3) is 6.89. The van der Waals surface area contributed by atoms with Gasteiger partial charge in [0.15, 0.2) is 0 Å². The van der Waals surface area contributed by atoms with Gasteiger partial charge in [-0.15, -0.1) is 0 Å². The molecule has 1 aliphatic rings. The van der Waals surface area contributed by atoms with Gasteiger partial charge in [-0.05, 0) is 0 Å². The van der Waals surface area contributed by atoms with Crippen LogP contribution in [0.25, 0.3) is 0 Å². The van der Waals surface area contributed by atoms with Gasteiger partial charge in [-0.2, -0.15) is 0 Å². The molecule has 0 aromatic rings. The minimum atomic E-state index is -4.84. The van der Waals surface area contributed by atoms with Gasteiger partial charge in [0.2, 0.25) is 0 Å². The Kier molecular flexibility index (Phi) is 7.51. The SMILES string of the molecule is C[AsH+](C)C[C@H]1O[C@@H](OCC([OH2+])COS(=O)(=O)[O-])[C@H](O)[C@@H]1O. The number of aliphatic hydroxyl groups is 2. The van der Waals surface area contributed by atoms with Crippen molar-refractivity contribution in [2.24, 2.45) is 0 Å². The second kappa shape index (κ2) is 8.19. The average Bonchev–Trinajstić information content (AvgIpc) is 2.60.